The molecule has 0 unspecified atom stereocenters. The smallest absolute Gasteiger partial charge is 0.306 e. The number of carboxylic acid groups (broad SMARTS) is 1. The quantitative estimate of drug-likeness (QED) is 0.910. The zero-order valence-electron chi connectivity index (χ0n) is 13.2. The van der Waals surface area contributed by atoms with Crippen LogP contribution in [-0.2, 0) is 14.4 Å². The molecule has 2 heterocycles. The van der Waals surface area contributed by atoms with Crippen LogP contribution in [-0.4, -0.2) is 46.6 Å². The van der Waals surface area contributed by atoms with Gasteiger partial charge in [-0.05, 0) is 25.0 Å². The summed E-state index contributed by atoms with van der Waals surface area (Å²) in [4.78, 5) is 37.3. The molecule has 1 N–H and O–H groups in total. The summed E-state index contributed by atoms with van der Waals surface area (Å²) in [6.45, 7) is 0.822. The van der Waals surface area contributed by atoms with E-state index in [0.29, 0.717) is 43.8 Å². The lowest BCUT2D eigenvalue weighted by Crippen LogP contribution is -2.45. The van der Waals surface area contributed by atoms with Crippen LogP contribution in [0.3, 0.4) is 0 Å². The Morgan fingerprint density at radius 3 is 2.38 bits per heavy atom. The van der Waals surface area contributed by atoms with Crippen LogP contribution in [0, 0.1) is 5.92 Å². The maximum Gasteiger partial charge on any atom is 0.306 e. The van der Waals surface area contributed by atoms with E-state index >= 15 is 0 Å². The van der Waals surface area contributed by atoms with Crippen LogP contribution < -0.4 is 5.01 Å². The summed E-state index contributed by atoms with van der Waals surface area (Å²) in [5.74, 6) is -1.53. The minimum Gasteiger partial charge on any atom is -0.481 e. The molecule has 1 fully saturated rings. The van der Waals surface area contributed by atoms with Gasteiger partial charge in [0.05, 0.1) is 11.6 Å². The lowest BCUT2D eigenvalue weighted by Gasteiger charge is -2.31. The molecule has 0 saturated carbocycles. The zero-order chi connectivity index (χ0) is 17.1. The van der Waals surface area contributed by atoms with Crippen molar-refractivity contribution >= 4 is 29.2 Å². The molecular weight excluding hydrogens is 310 g/mol. The second kappa shape index (κ2) is 6.82. The van der Waals surface area contributed by atoms with Crippen LogP contribution in [0.2, 0.25) is 0 Å². The van der Waals surface area contributed by atoms with E-state index < -0.39 is 5.97 Å². The molecule has 1 saturated heterocycles. The van der Waals surface area contributed by atoms with Crippen LogP contribution in [0.15, 0.2) is 35.4 Å². The van der Waals surface area contributed by atoms with E-state index in [4.69, 9.17) is 5.11 Å². The Labute approximate surface area is 139 Å². The molecule has 2 amide bonds. The molecule has 2 aliphatic rings. The Morgan fingerprint density at radius 2 is 1.75 bits per heavy atom. The van der Waals surface area contributed by atoms with Gasteiger partial charge in [0.1, 0.15) is 5.71 Å². The third-order valence-electron chi connectivity index (χ3n) is 4.41. The normalized spacial score (nSPS) is 19.2. The van der Waals surface area contributed by atoms with Crippen molar-refractivity contribution in [3.05, 3.63) is 30.3 Å². The topological polar surface area (TPSA) is 90.3 Å². The summed E-state index contributed by atoms with van der Waals surface area (Å²) in [6, 6.07) is 9.01. The highest BCUT2D eigenvalue weighted by molar-refractivity contribution is 6.40. The number of hydrogen-bond donors (Lipinski definition) is 1. The molecule has 0 bridgehead atoms. The van der Waals surface area contributed by atoms with Gasteiger partial charge in [-0.25, -0.2) is 5.01 Å². The molecule has 0 atom stereocenters. The predicted molar refractivity (Wildman–Crippen MR) is 87.5 cm³/mol. The first-order valence-electron chi connectivity index (χ1n) is 8.04. The van der Waals surface area contributed by atoms with Gasteiger partial charge in [-0.3, -0.25) is 14.4 Å². The van der Waals surface area contributed by atoms with Crippen LogP contribution in [0.25, 0.3) is 0 Å². The average Bonchev–Trinajstić information content (AvgIpc) is 2.62. The maximum atomic E-state index is 12.6. The molecule has 126 valence electrons. The molecule has 2 aliphatic heterocycles. The van der Waals surface area contributed by atoms with E-state index in [0.717, 1.165) is 0 Å². The first-order chi connectivity index (χ1) is 11.6. The lowest BCUT2D eigenvalue weighted by atomic mass is 9.96. The number of anilines is 1. The summed E-state index contributed by atoms with van der Waals surface area (Å²) < 4.78 is 0. The Hall–Kier alpha value is -2.70. The number of likely N-dealkylation sites (tertiary alicyclic amines) is 1. The van der Waals surface area contributed by atoms with Crippen molar-refractivity contribution in [2.75, 3.05) is 18.1 Å². The molecule has 24 heavy (non-hydrogen) atoms. The highest BCUT2D eigenvalue weighted by Crippen LogP contribution is 2.22. The molecule has 7 heteroatoms. The first-order valence-corrected chi connectivity index (χ1v) is 8.04. The molecule has 7 nitrogen and oxygen atoms in total. The summed E-state index contributed by atoms with van der Waals surface area (Å²) in [7, 11) is 0. The van der Waals surface area contributed by atoms with Gasteiger partial charge in [0.15, 0.2) is 0 Å². The number of nitrogens with zero attached hydrogens (tertiary/aromatic N) is 3. The number of hydrazone groups is 1. The second-order valence-corrected chi connectivity index (χ2v) is 5.99. The SMILES string of the molecule is O=C(O)C1CCN(C(=O)C2=NN(c3ccccc3)C(=O)CC2)CC1. The number of hydrogen-bond acceptors (Lipinski definition) is 4. The number of carbonyl (C=O) groups is 3. The van der Waals surface area contributed by atoms with Crippen LogP contribution in [0.1, 0.15) is 25.7 Å². The fraction of sp³-hybridized carbons (Fsp3) is 0.412. The number of rotatable bonds is 3. The van der Waals surface area contributed by atoms with Crippen molar-refractivity contribution < 1.29 is 19.5 Å². The van der Waals surface area contributed by atoms with Crippen LogP contribution >= 0.6 is 0 Å². The lowest BCUT2D eigenvalue weighted by molar-refractivity contribution is -0.144. The minimum absolute atomic E-state index is 0.137. The number of piperidine rings is 1. The number of amides is 2. The van der Waals surface area contributed by atoms with Crippen molar-refractivity contribution in [3.63, 3.8) is 0 Å². The van der Waals surface area contributed by atoms with Gasteiger partial charge in [0.25, 0.3) is 5.91 Å². The summed E-state index contributed by atoms with van der Waals surface area (Å²) in [5.41, 5.74) is 0.990. The number of carboxylic acids is 1. The van der Waals surface area contributed by atoms with Gasteiger partial charge in [0, 0.05) is 25.9 Å². The van der Waals surface area contributed by atoms with Gasteiger partial charge in [-0.15, -0.1) is 0 Å². The third-order valence-corrected chi connectivity index (χ3v) is 4.41. The second-order valence-electron chi connectivity index (χ2n) is 5.99. The Balaban J connectivity index is 1.73. The molecule has 3 rings (SSSR count). The van der Waals surface area contributed by atoms with Crippen molar-refractivity contribution in [2.45, 2.75) is 25.7 Å². The zero-order valence-corrected chi connectivity index (χ0v) is 13.2. The number of carbonyl (C=O) groups excluding carboxylic acids is 2. The van der Waals surface area contributed by atoms with Gasteiger partial charge >= 0.3 is 5.97 Å². The van der Waals surface area contributed by atoms with E-state index in [2.05, 4.69) is 5.10 Å². The fourth-order valence-corrected chi connectivity index (χ4v) is 2.99. The van der Waals surface area contributed by atoms with Crippen LogP contribution in [0.4, 0.5) is 5.69 Å². The highest BCUT2D eigenvalue weighted by Gasteiger charge is 2.32. The minimum atomic E-state index is -0.807. The monoisotopic (exact) mass is 329 g/mol. The Morgan fingerprint density at radius 1 is 1.08 bits per heavy atom. The van der Waals surface area contributed by atoms with E-state index in [9.17, 15) is 14.4 Å². The molecular formula is C17H19N3O4. The summed E-state index contributed by atoms with van der Waals surface area (Å²) >= 11 is 0. The van der Waals surface area contributed by atoms with E-state index in [1.165, 1.54) is 5.01 Å². The fourth-order valence-electron chi connectivity index (χ4n) is 2.99. The van der Waals surface area contributed by atoms with Crippen LogP contribution in [0.5, 0.6) is 0 Å². The summed E-state index contributed by atoms with van der Waals surface area (Å²) in [6.07, 6.45) is 1.47. The third kappa shape index (κ3) is 3.29. The molecule has 0 aromatic heterocycles. The highest BCUT2D eigenvalue weighted by atomic mass is 16.4. The van der Waals surface area contributed by atoms with E-state index in [-0.39, 0.29) is 24.2 Å². The van der Waals surface area contributed by atoms with E-state index in [1.54, 1.807) is 17.0 Å². The Bertz CT molecular complexity index is 678. The van der Waals surface area contributed by atoms with Crippen molar-refractivity contribution in [2.24, 2.45) is 11.0 Å². The van der Waals surface area contributed by atoms with Gasteiger partial charge in [-0.1, -0.05) is 18.2 Å². The number of aliphatic carboxylic acids is 1. The predicted octanol–water partition coefficient (Wildman–Crippen LogP) is 1.49. The van der Waals surface area contributed by atoms with Gasteiger partial charge in [0.2, 0.25) is 5.91 Å². The molecule has 0 spiro atoms. The standard InChI is InChI=1S/C17H19N3O4/c21-15-7-6-14(18-20(15)13-4-2-1-3-5-13)16(22)19-10-8-12(9-11-19)17(23)24/h1-5,12H,6-11H2,(H,23,24). The molecule has 1 aromatic rings. The maximum absolute atomic E-state index is 12.6. The largest absolute Gasteiger partial charge is 0.481 e. The van der Waals surface area contributed by atoms with Crippen molar-refractivity contribution in [1.29, 1.82) is 0 Å². The molecule has 0 radical (unpaired) electrons. The van der Waals surface area contributed by atoms with E-state index in [1.807, 2.05) is 18.2 Å². The van der Waals surface area contributed by atoms with Gasteiger partial charge < -0.3 is 10.0 Å². The van der Waals surface area contributed by atoms with Crippen molar-refractivity contribution in [1.82, 2.24) is 4.90 Å². The number of para-hydroxylation sites is 1. The number of benzene rings is 1. The molecule has 0 aliphatic carbocycles. The first kappa shape index (κ1) is 16.2. The molecule has 1 aromatic carbocycles. The Kier molecular flexibility index (Phi) is 4.59. The van der Waals surface area contributed by atoms with Gasteiger partial charge in [-0.2, -0.15) is 5.10 Å². The average molecular weight is 329 g/mol. The van der Waals surface area contributed by atoms with Crippen molar-refractivity contribution in [3.8, 4) is 0 Å². The summed E-state index contributed by atoms with van der Waals surface area (Å²) in [5, 5.41) is 14.6.